The lowest BCUT2D eigenvalue weighted by atomic mass is 10.0. The molecule has 0 unspecified atom stereocenters. The molecule has 0 aliphatic heterocycles. The molecule has 2 aromatic rings. The molecule has 6 heteroatoms. The number of nitrogens with one attached hydrogen (secondary N) is 1. The fourth-order valence-electron chi connectivity index (χ4n) is 3.37. The van der Waals surface area contributed by atoms with E-state index in [0.29, 0.717) is 35.9 Å². The van der Waals surface area contributed by atoms with Crippen LogP contribution < -0.4 is 10.1 Å². The molecular weight excluding hydrogens is 374 g/mol. The van der Waals surface area contributed by atoms with Crippen LogP contribution in [0, 0.1) is 0 Å². The maximum atomic E-state index is 12.3. The number of ether oxygens (including phenoxy) is 2. The topological polar surface area (TPSA) is 64.6 Å². The molecule has 1 amide bonds. The van der Waals surface area contributed by atoms with Gasteiger partial charge >= 0.3 is 5.97 Å². The summed E-state index contributed by atoms with van der Waals surface area (Å²) in [4.78, 5) is 25.6. The minimum Gasteiger partial charge on any atom is -0.494 e. The zero-order valence-electron chi connectivity index (χ0n) is 16.7. The van der Waals surface area contributed by atoms with Crippen molar-refractivity contribution in [2.75, 3.05) is 19.0 Å². The van der Waals surface area contributed by atoms with Crippen LogP contribution in [0.15, 0.2) is 24.3 Å². The zero-order chi connectivity index (χ0) is 20.1. The Morgan fingerprint density at radius 2 is 1.93 bits per heavy atom. The highest BCUT2D eigenvalue weighted by atomic mass is 32.1. The summed E-state index contributed by atoms with van der Waals surface area (Å²) in [6.45, 7) is 4.78. The fraction of sp³-hybridized carbons (Fsp3) is 0.455. The summed E-state index contributed by atoms with van der Waals surface area (Å²) in [5.74, 6) is 0.824. The third-order valence-corrected chi connectivity index (χ3v) is 6.13. The van der Waals surface area contributed by atoms with Gasteiger partial charge in [-0.2, -0.15) is 0 Å². The molecule has 0 fully saturated rings. The predicted octanol–water partition coefficient (Wildman–Crippen LogP) is 4.94. The van der Waals surface area contributed by atoms with Crippen molar-refractivity contribution in [3.63, 3.8) is 0 Å². The SMILES string of the molecule is COC(=O)c1c(NC(=O)CCCOc2ccc(C(C)C)cc2)sc2c1CCC2. The van der Waals surface area contributed by atoms with E-state index in [1.165, 1.54) is 28.9 Å². The molecule has 5 nitrogen and oxygen atoms in total. The quantitative estimate of drug-likeness (QED) is 0.502. The van der Waals surface area contributed by atoms with Gasteiger partial charge in [0.1, 0.15) is 10.8 Å². The van der Waals surface area contributed by atoms with E-state index in [0.717, 1.165) is 30.6 Å². The highest BCUT2D eigenvalue weighted by Crippen LogP contribution is 2.39. The predicted molar refractivity (Wildman–Crippen MR) is 112 cm³/mol. The second-order valence-electron chi connectivity index (χ2n) is 7.28. The average Bonchev–Trinajstić information content (AvgIpc) is 3.25. The Kier molecular flexibility index (Phi) is 6.73. The number of aryl methyl sites for hydroxylation is 1. The summed E-state index contributed by atoms with van der Waals surface area (Å²) < 4.78 is 10.6. The molecule has 28 heavy (non-hydrogen) atoms. The third kappa shape index (κ3) is 4.73. The van der Waals surface area contributed by atoms with Crippen molar-refractivity contribution in [3.05, 3.63) is 45.8 Å². The van der Waals surface area contributed by atoms with Gasteiger partial charge in [0.15, 0.2) is 0 Å². The van der Waals surface area contributed by atoms with Crippen molar-refractivity contribution in [3.8, 4) is 5.75 Å². The van der Waals surface area contributed by atoms with Gasteiger partial charge in [0.2, 0.25) is 5.91 Å². The summed E-state index contributed by atoms with van der Waals surface area (Å²) >= 11 is 1.50. The van der Waals surface area contributed by atoms with Gasteiger partial charge in [0.05, 0.1) is 19.3 Å². The zero-order valence-corrected chi connectivity index (χ0v) is 17.5. The average molecular weight is 402 g/mol. The first-order valence-electron chi connectivity index (χ1n) is 9.75. The summed E-state index contributed by atoms with van der Waals surface area (Å²) in [5, 5.41) is 3.51. The van der Waals surface area contributed by atoms with Gasteiger partial charge < -0.3 is 14.8 Å². The molecule has 1 N–H and O–H groups in total. The number of esters is 1. The lowest BCUT2D eigenvalue weighted by Crippen LogP contribution is -2.15. The van der Waals surface area contributed by atoms with Gasteiger partial charge in [-0.05, 0) is 54.9 Å². The second kappa shape index (κ2) is 9.24. The first-order valence-corrected chi connectivity index (χ1v) is 10.6. The Morgan fingerprint density at radius 1 is 1.18 bits per heavy atom. The second-order valence-corrected chi connectivity index (χ2v) is 8.38. The highest BCUT2D eigenvalue weighted by Gasteiger charge is 2.27. The van der Waals surface area contributed by atoms with Crippen molar-refractivity contribution in [2.24, 2.45) is 0 Å². The monoisotopic (exact) mass is 401 g/mol. The van der Waals surface area contributed by atoms with Crippen LogP contribution >= 0.6 is 11.3 Å². The first-order chi connectivity index (χ1) is 13.5. The number of hydrogen-bond donors (Lipinski definition) is 1. The van der Waals surface area contributed by atoms with Crippen LogP contribution in [0.3, 0.4) is 0 Å². The largest absolute Gasteiger partial charge is 0.494 e. The van der Waals surface area contributed by atoms with E-state index < -0.39 is 0 Å². The van der Waals surface area contributed by atoms with E-state index in [9.17, 15) is 9.59 Å². The number of hydrogen-bond acceptors (Lipinski definition) is 5. The third-order valence-electron chi connectivity index (χ3n) is 4.93. The van der Waals surface area contributed by atoms with Crippen molar-refractivity contribution in [1.29, 1.82) is 0 Å². The number of carbonyl (C=O) groups is 2. The number of amides is 1. The van der Waals surface area contributed by atoms with Gasteiger partial charge in [-0.1, -0.05) is 26.0 Å². The van der Waals surface area contributed by atoms with E-state index in [1.807, 2.05) is 12.1 Å². The van der Waals surface area contributed by atoms with Crippen molar-refractivity contribution < 1.29 is 19.1 Å². The van der Waals surface area contributed by atoms with Crippen LogP contribution in [0.5, 0.6) is 5.75 Å². The van der Waals surface area contributed by atoms with Crippen LogP contribution in [-0.4, -0.2) is 25.6 Å². The van der Waals surface area contributed by atoms with E-state index in [-0.39, 0.29) is 11.9 Å². The molecule has 0 saturated heterocycles. The Hall–Kier alpha value is -2.34. The van der Waals surface area contributed by atoms with Gasteiger partial charge in [-0.3, -0.25) is 4.79 Å². The number of benzene rings is 1. The smallest absolute Gasteiger partial charge is 0.341 e. The van der Waals surface area contributed by atoms with Gasteiger partial charge in [-0.25, -0.2) is 4.79 Å². The number of carbonyl (C=O) groups excluding carboxylic acids is 2. The Bertz CT molecular complexity index is 839. The van der Waals surface area contributed by atoms with E-state index >= 15 is 0 Å². The molecular formula is C22H27NO4S. The van der Waals surface area contributed by atoms with Crippen LogP contribution in [0.2, 0.25) is 0 Å². The number of thiophene rings is 1. The molecule has 1 heterocycles. The normalized spacial score (nSPS) is 12.7. The van der Waals surface area contributed by atoms with Gasteiger partial charge in [0.25, 0.3) is 0 Å². The van der Waals surface area contributed by atoms with Gasteiger partial charge in [0, 0.05) is 11.3 Å². The van der Waals surface area contributed by atoms with Crippen LogP contribution in [-0.2, 0) is 22.4 Å². The molecule has 1 aromatic heterocycles. The van der Waals surface area contributed by atoms with Crippen molar-refractivity contribution in [2.45, 2.75) is 51.9 Å². The Labute approximate surface area is 170 Å². The molecule has 150 valence electrons. The van der Waals surface area contributed by atoms with Crippen molar-refractivity contribution >= 4 is 28.2 Å². The first kappa shape index (κ1) is 20.4. The molecule has 1 aromatic carbocycles. The number of anilines is 1. The molecule has 0 spiro atoms. The minimum atomic E-state index is -0.372. The summed E-state index contributed by atoms with van der Waals surface area (Å²) in [7, 11) is 1.37. The highest BCUT2D eigenvalue weighted by molar-refractivity contribution is 7.17. The molecule has 1 aliphatic rings. The maximum Gasteiger partial charge on any atom is 0.341 e. The minimum absolute atomic E-state index is 0.108. The number of methoxy groups -OCH3 is 1. The molecule has 0 radical (unpaired) electrons. The molecule has 3 rings (SSSR count). The standard InChI is InChI=1S/C22H27NO4S/c1-14(2)15-9-11-16(12-10-15)27-13-5-8-19(24)23-21-20(22(25)26-3)17-6-4-7-18(17)28-21/h9-12,14H,4-8,13H2,1-3H3,(H,23,24). The van der Waals surface area contributed by atoms with E-state index in [1.54, 1.807) is 0 Å². The Morgan fingerprint density at radius 3 is 2.61 bits per heavy atom. The van der Waals surface area contributed by atoms with Crippen molar-refractivity contribution in [1.82, 2.24) is 0 Å². The molecule has 0 atom stereocenters. The fourth-order valence-corrected chi connectivity index (χ4v) is 4.66. The van der Waals surface area contributed by atoms with Crippen LogP contribution in [0.1, 0.15) is 65.4 Å². The Balaban J connectivity index is 1.49. The summed E-state index contributed by atoms with van der Waals surface area (Å²) in [5.41, 5.74) is 2.85. The van der Waals surface area contributed by atoms with E-state index in [2.05, 4.69) is 31.3 Å². The number of fused-ring (bicyclic) bond motifs is 1. The van der Waals surface area contributed by atoms with E-state index in [4.69, 9.17) is 9.47 Å². The molecule has 0 saturated carbocycles. The summed E-state index contributed by atoms with van der Waals surface area (Å²) in [6.07, 6.45) is 3.83. The summed E-state index contributed by atoms with van der Waals surface area (Å²) in [6, 6.07) is 8.06. The van der Waals surface area contributed by atoms with Gasteiger partial charge in [-0.15, -0.1) is 11.3 Å². The lowest BCUT2D eigenvalue weighted by molar-refractivity contribution is -0.116. The van der Waals surface area contributed by atoms with Crippen LogP contribution in [0.25, 0.3) is 0 Å². The lowest BCUT2D eigenvalue weighted by Gasteiger charge is -2.09. The molecule has 0 bridgehead atoms. The maximum absolute atomic E-state index is 12.3. The van der Waals surface area contributed by atoms with Crippen LogP contribution in [0.4, 0.5) is 5.00 Å². The molecule has 1 aliphatic carbocycles. The number of rotatable bonds is 8.